The van der Waals surface area contributed by atoms with Gasteiger partial charge in [0.25, 0.3) is 0 Å². The highest BCUT2D eigenvalue weighted by molar-refractivity contribution is 5.79. The third kappa shape index (κ3) is 1.50. The van der Waals surface area contributed by atoms with Crippen LogP contribution in [-0.2, 0) is 0 Å². The van der Waals surface area contributed by atoms with Crippen molar-refractivity contribution in [2.45, 2.75) is 0 Å². The average Bonchev–Trinajstić information content (AvgIpc) is 2.39. The topological polar surface area (TPSA) is 51.6 Å². The molecule has 0 aliphatic rings. The Bertz CT molecular complexity index is 622. The first kappa shape index (κ1) is 8.91. The standard InChI is InChI=1S/C12H8N4/c1-2-4-11-9(3-1)7-15-12(16-11)10-5-13-8-14-6-10/h1-8H. The van der Waals surface area contributed by atoms with E-state index >= 15 is 0 Å². The number of fused-ring (bicyclic) bond motifs is 1. The molecule has 0 radical (unpaired) electrons. The van der Waals surface area contributed by atoms with Gasteiger partial charge in [0.2, 0.25) is 0 Å². The fourth-order valence-corrected chi connectivity index (χ4v) is 1.53. The van der Waals surface area contributed by atoms with Crippen LogP contribution in [-0.4, -0.2) is 19.9 Å². The van der Waals surface area contributed by atoms with Crippen LogP contribution in [0.4, 0.5) is 0 Å². The van der Waals surface area contributed by atoms with Crippen LogP contribution in [0.2, 0.25) is 0 Å². The van der Waals surface area contributed by atoms with E-state index in [-0.39, 0.29) is 0 Å². The molecule has 0 saturated heterocycles. The van der Waals surface area contributed by atoms with Gasteiger partial charge in [-0.15, -0.1) is 0 Å². The zero-order chi connectivity index (χ0) is 10.8. The lowest BCUT2D eigenvalue weighted by atomic mass is 10.2. The molecule has 0 atom stereocenters. The second-order valence-corrected chi connectivity index (χ2v) is 3.38. The van der Waals surface area contributed by atoms with Crippen LogP contribution in [0.15, 0.2) is 49.2 Å². The number of hydrogen-bond donors (Lipinski definition) is 0. The quantitative estimate of drug-likeness (QED) is 0.614. The van der Waals surface area contributed by atoms with E-state index < -0.39 is 0 Å². The Labute approximate surface area is 92.0 Å². The highest BCUT2D eigenvalue weighted by Gasteiger charge is 2.02. The summed E-state index contributed by atoms with van der Waals surface area (Å²) < 4.78 is 0. The summed E-state index contributed by atoms with van der Waals surface area (Å²) in [5.74, 6) is 0.652. The Morgan fingerprint density at radius 1 is 0.875 bits per heavy atom. The van der Waals surface area contributed by atoms with Crippen LogP contribution in [0.1, 0.15) is 0 Å². The molecule has 0 bridgehead atoms. The van der Waals surface area contributed by atoms with E-state index in [1.807, 2.05) is 30.5 Å². The zero-order valence-corrected chi connectivity index (χ0v) is 8.41. The molecule has 3 rings (SSSR count). The van der Waals surface area contributed by atoms with Gasteiger partial charge in [-0.3, -0.25) is 0 Å². The minimum atomic E-state index is 0.652. The van der Waals surface area contributed by atoms with Crippen molar-refractivity contribution in [1.82, 2.24) is 19.9 Å². The van der Waals surface area contributed by atoms with E-state index in [1.165, 1.54) is 6.33 Å². The summed E-state index contributed by atoms with van der Waals surface area (Å²) in [7, 11) is 0. The van der Waals surface area contributed by atoms with E-state index in [0.717, 1.165) is 16.5 Å². The number of rotatable bonds is 1. The molecule has 3 aromatic rings. The number of nitrogens with zero attached hydrogens (tertiary/aromatic N) is 4. The van der Waals surface area contributed by atoms with Crippen molar-refractivity contribution in [3.63, 3.8) is 0 Å². The molecule has 0 amide bonds. The molecule has 4 nitrogen and oxygen atoms in total. The van der Waals surface area contributed by atoms with Crippen LogP contribution in [0.5, 0.6) is 0 Å². The molecule has 0 unspecified atom stereocenters. The van der Waals surface area contributed by atoms with Crippen LogP contribution in [0, 0.1) is 0 Å². The highest BCUT2D eigenvalue weighted by Crippen LogP contribution is 2.16. The van der Waals surface area contributed by atoms with Gasteiger partial charge in [-0.2, -0.15) is 0 Å². The van der Waals surface area contributed by atoms with Crippen LogP contribution < -0.4 is 0 Å². The van der Waals surface area contributed by atoms with Gasteiger partial charge < -0.3 is 0 Å². The second kappa shape index (κ2) is 3.66. The Morgan fingerprint density at radius 3 is 2.56 bits per heavy atom. The molecule has 76 valence electrons. The van der Waals surface area contributed by atoms with Gasteiger partial charge >= 0.3 is 0 Å². The van der Waals surface area contributed by atoms with Gasteiger partial charge in [-0.25, -0.2) is 19.9 Å². The van der Waals surface area contributed by atoms with Crippen LogP contribution >= 0.6 is 0 Å². The van der Waals surface area contributed by atoms with Gasteiger partial charge in [-0.1, -0.05) is 18.2 Å². The van der Waals surface area contributed by atoms with Crippen molar-refractivity contribution in [2.24, 2.45) is 0 Å². The van der Waals surface area contributed by atoms with E-state index in [1.54, 1.807) is 12.4 Å². The van der Waals surface area contributed by atoms with Gasteiger partial charge in [0, 0.05) is 24.0 Å². The summed E-state index contributed by atoms with van der Waals surface area (Å²) in [4.78, 5) is 16.6. The SMILES string of the molecule is c1ccc2nc(-c3cncnc3)ncc2c1. The smallest absolute Gasteiger partial charge is 0.162 e. The number of hydrogen-bond acceptors (Lipinski definition) is 4. The third-order valence-corrected chi connectivity index (χ3v) is 2.31. The minimum Gasteiger partial charge on any atom is -0.244 e. The summed E-state index contributed by atoms with van der Waals surface area (Å²) in [6.45, 7) is 0. The molecule has 0 aliphatic heterocycles. The van der Waals surface area contributed by atoms with Crippen LogP contribution in [0.25, 0.3) is 22.3 Å². The summed E-state index contributed by atoms with van der Waals surface area (Å²) in [5.41, 5.74) is 1.75. The molecule has 0 N–H and O–H groups in total. The maximum Gasteiger partial charge on any atom is 0.162 e. The highest BCUT2D eigenvalue weighted by atomic mass is 14.9. The average molecular weight is 208 g/mol. The Kier molecular flexibility index (Phi) is 2.04. The van der Waals surface area contributed by atoms with Crippen molar-refractivity contribution in [3.05, 3.63) is 49.2 Å². The fraction of sp³-hybridized carbons (Fsp3) is 0. The first-order chi connectivity index (χ1) is 7.93. The second-order valence-electron chi connectivity index (χ2n) is 3.38. The first-order valence-electron chi connectivity index (χ1n) is 4.91. The lowest BCUT2D eigenvalue weighted by Gasteiger charge is -2.00. The number of aromatic nitrogens is 4. The van der Waals surface area contributed by atoms with Gasteiger partial charge in [0.15, 0.2) is 5.82 Å². The van der Waals surface area contributed by atoms with E-state index in [2.05, 4.69) is 19.9 Å². The molecule has 0 saturated carbocycles. The molecule has 0 spiro atoms. The first-order valence-corrected chi connectivity index (χ1v) is 4.91. The molecular formula is C12H8N4. The van der Waals surface area contributed by atoms with Gasteiger partial charge in [0.05, 0.1) is 11.1 Å². The summed E-state index contributed by atoms with van der Waals surface area (Å²) >= 11 is 0. The Hall–Kier alpha value is -2.36. The molecule has 16 heavy (non-hydrogen) atoms. The molecular weight excluding hydrogens is 200 g/mol. The van der Waals surface area contributed by atoms with Crippen molar-refractivity contribution in [2.75, 3.05) is 0 Å². The molecule has 0 aliphatic carbocycles. The van der Waals surface area contributed by atoms with E-state index in [9.17, 15) is 0 Å². The third-order valence-electron chi connectivity index (χ3n) is 2.31. The Balaban J connectivity index is 2.19. The molecule has 1 aromatic carbocycles. The largest absolute Gasteiger partial charge is 0.244 e. The predicted molar refractivity (Wildman–Crippen MR) is 60.6 cm³/mol. The maximum atomic E-state index is 4.45. The fourth-order valence-electron chi connectivity index (χ4n) is 1.53. The lowest BCUT2D eigenvalue weighted by Crippen LogP contribution is -1.90. The normalized spacial score (nSPS) is 10.5. The van der Waals surface area contributed by atoms with Crippen LogP contribution in [0.3, 0.4) is 0 Å². The minimum absolute atomic E-state index is 0.652. The monoisotopic (exact) mass is 208 g/mol. The molecule has 2 aromatic heterocycles. The molecule has 0 fully saturated rings. The predicted octanol–water partition coefficient (Wildman–Crippen LogP) is 2.09. The lowest BCUT2D eigenvalue weighted by molar-refractivity contribution is 1.14. The van der Waals surface area contributed by atoms with E-state index in [0.29, 0.717) is 5.82 Å². The Morgan fingerprint density at radius 2 is 1.69 bits per heavy atom. The van der Waals surface area contributed by atoms with Gasteiger partial charge in [-0.05, 0) is 6.07 Å². The number of benzene rings is 1. The van der Waals surface area contributed by atoms with Crippen molar-refractivity contribution in [3.8, 4) is 11.4 Å². The van der Waals surface area contributed by atoms with Crippen molar-refractivity contribution < 1.29 is 0 Å². The maximum absolute atomic E-state index is 4.45. The summed E-state index contributed by atoms with van der Waals surface area (Å²) in [6.07, 6.45) is 6.71. The molecule has 2 heterocycles. The molecule has 4 heteroatoms. The zero-order valence-electron chi connectivity index (χ0n) is 8.41. The van der Waals surface area contributed by atoms with Crippen molar-refractivity contribution >= 4 is 10.9 Å². The summed E-state index contributed by atoms with van der Waals surface area (Å²) in [5, 5.41) is 1.03. The summed E-state index contributed by atoms with van der Waals surface area (Å²) in [6, 6.07) is 7.88. The van der Waals surface area contributed by atoms with Gasteiger partial charge in [0.1, 0.15) is 6.33 Å². The van der Waals surface area contributed by atoms with Crippen molar-refractivity contribution in [1.29, 1.82) is 0 Å². The number of para-hydroxylation sites is 1. The van der Waals surface area contributed by atoms with E-state index in [4.69, 9.17) is 0 Å².